The van der Waals surface area contributed by atoms with E-state index in [0.29, 0.717) is 44.1 Å². The highest BCUT2D eigenvalue weighted by atomic mass is 16.3. The Labute approximate surface area is 504 Å². The number of carbonyl (C=O) groups excluding carboxylic acids is 11. The first-order valence-electron chi connectivity index (χ1n) is 29.7. The van der Waals surface area contributed by atoms with Gasteiger partial charge >= 0.3 is 0 Å². The number of unbranched alkanes of at least 4 members (excludes halogenated alkanes) is 3. The number of hydrogen-bond acceptors (Lipinski definition) is 16. The second kappa shape index (κ2) is 40.7. The van der Waals surface area contributed by atoms with Crippen LogP contribution in [0, 0.1) is 11.8 Å². The standard InChI is InChI=1S/C59H97N15O12/c1-35(2)30-45(57(84)70-41(22-12-15-27-60)53(80)68-43(24-14-17-29-62)55(82)73-47(33-39-20-10-7-11-21-39)59(86)74-48(34-75)50(65)77)72-58(85)46(31-36(3)4)71-54(81)42(23-13-16-28-61)69-56(83)44(25-26-49(64)76)67-51(78)37(5)66-52(79)40(63)32-38-18-8-6-9-19-38/h6-11,18-21,35-37,40-48,75H,12-17,22-34,60-63H2,1-5H3,(H2,64,76)(H2,65,77)(H,66,79)(H,67,78)(H,68,80)(H,69,83)(H,70,84)(H,71,81)(H,72,85)(H,73,82)(H,74,86)/t37-,40-,41-,42-,43-,44-,45-,46-,47-,48-/m0/s1. The number of carbonyl (C=O) groups is 11. The zero-order valence-corrected chi connectivity index (χ0v) is 50.5. The average molecular weight is 1210 g/mol. The van der Waals surface area contributed by atoms with Crippen LogP contribution in [0.4, 0.5) is 0 Å². The monoisotopic (exact) mass is 1210 g/mol. The maximum absolute atomic E-state index is 14.5. The van der Waals surface area contributed by atoms with Gasteiger partial charge in [0, 0.05) is 12.8 Å². The van der Waals surface area contributed by atoms with E-state index in [1.165, 1.54) is 6.92 Å². The smallest absolute Gasteiger partial charge is 0.243 e. The van der Waals surface area contributed by atoms with Crippen LogP contribution in [0.3, 0.4) is 0 Å². The zero-order valence-electron chi connectivity index (χ0n) is 50.5. The van der Waals surface area contributed by atoms with Crippen LogP contribution in [0.1, 0.15) is 129 Å². The molecule has 0 unspecified atom stereocenters. The van der Waals surface area contributed by atoms with E-state index in [9.17, 15) is 57.8 Å². The number of aliphatic hydroxyl groups excluding tert-OH is 1. The van der Waals surface area contributed by atoms with E-state index in [4.69, 9.17) is 34.4 Å². The molecule has 0 heterocycles. The van der Waals surface area contributed by atoms with Crippen molar-refractivity contribution in [1.29, 1.82) is 0 Å². The molecule has 2 rings (SSSR count). The number of hydrogen-bond donors (Lipinski definition) is 16. The lowest BCUT2D eigenvalue weighted by molar-refractivity contribution is -0.136. The minimum Gasteiger partial charge on any atom is -0.394 e. The van der Waals surface area contributed by atoms with Crippen molar-refractivity contribution in [3.8, 4) is 0 Å². The topological polar surface area (TPSA) is 472 Å². The summed E-state index contributed by atoms with van der Waals surface area (Å²) in [5, 5.41) is 33.5. The fourth-order valence-corrected chi connectivity index (χ4v) is 9.06. The maximum atomic E-state index is 14.5. The summed E-state index contributed by atoms with van der Waals surface area (Å²) in [5.74, 6) is -9.17. The first-order valence-corrected chi connectivity index (χ1v) is 29.7. The van der Waals surface area contributed by atoms with Gasteiger partial charge in [0.2, 0.25) is 65.0 Å². The summed E-state index contributed by atoms with van der Waals surface area (Å²) in [6.07, 6.45) is 2.22. The molecule has 0 saturated heterocycles. The summed E-state index contributed by atoms with van der Waals surface area (Å²) in [5.41, 5.74) is 35.8. The summed E-state index contributed by atoms with van der Waals surface area (Å²) in [4.78, 5) is 150. The lowest BCUT2D eigenvalue weighted by Crippen LogP contribution is -2.61. The molecule has 2 aromatic carbocycles. The Kier molecular flexibility index (Phi) is 35.2. The number of rotatable bonds is 43. The first kappa shape index (κ1) is 74.5. The average Bonchev–Trinajstić information content (AvgIpc) is 3.34. The highest BCUT2D eigenvalue weighted by Crippen LogP contribution is 2.14. The van der Waals surface area contributed by atoms with E-state index >= 15 is 0 Å². The summed E-state index contributed by atoms with van der Waals surface area (Å²) in [7, 11) is 0. The van der Waals surface area contributed by atoms with Crippen LogP contribution >= 0.6 is 0 Å². The number of benzene rings is 2. The van der Waals surface area contributed by atoms with E-state index in [-0.39, 0.29) is 89.3 Å². The molecule has 2 aromatic rings. The summed E-state index contributed by atoms with van der Waals surface area (Å²) < 4.78 is 0. The SMILES string of the molecule is CC(C)C[C@H](NC(=O)[C@H](CCCCN)NC(=O)[C@H](CCC(N)=O)NC(=O)[C@H](C)NC(=O)[C@@H](N)Cc1ccccc1)C(=O)N[C@@H](CC(C)C)C(=O)N[C@@H](CCCCN)C(=O)N[C@@H](CCCCN)C(=O)N[C@@H](Cc1ccccc1)C(=O)N[C@@H](CO)C(N)=O. The largest absolute Gasteiger partial charge is 0.394 e. The predicted molar refractivity (Wildman–Crippen MR) is 324 cm³/mol. The van der Waals surface area contributed by atoms with Crippen molar-refractivity contribution in [3.05, 3.63) is 71.8 Å². The van der Waals surface area contributed by atoms with E-state index in [1.54, 1.807) is 68.4 Å². The summed E-state index contributed by atoms with van der Waals surface area (Å²) >= 11 is 0. The van der Waals surface area contributed by atoms with Gasteiger partial charge in [0.1, 0.15) is 54.4 Å². The number of nitrogens with one attached hydrogen (secondary N) is 9. The van der Waals surface area contributed by atoms with Crippen molar-refractivity contribution >= 4 is 65.0 Å². The molecule has 10 atom stereocenters. The Balaban J connectivity index is 2.43. The van der Waals surface area contributed by atoms with Gasteiger partial charge in [-0.3, -0.25) is 52.7 Å². The van der Waals surface area contributed by atoms with E-state index in [1.807, 2.05) is 19.9 Å². The fourth-order valence-electron chi connectivity index (χ4n) is 9.06. The van der Waals surface area contributed by atoms with E-state index < -0.39 is 132 Å². The number of aliphatic hydroxyl groups is 1. The molecular formula is C59H97N15O12. The van der Waals surface area contributed by atoms with Crippen molar-refractivity contribution in [2.45, 2.75) is 191 Å². The minimum absolute atomic E-state index is 0.0279. The Morgan fingerprint density at radius 1 is 0.395 bits per heavy atom. The van der Waals surface area contributed by atoms with Crippen molar-refractivity contribution in [1.82, 2.24) is 47.9 Å². The third kappa shape index (κ3) is 29.0. The van der Waals surface area contributed by atoms with Crippen LogP contribution in [-0.4, -0.2) is 157 Å². The van der Waals surface area contributed by atoms with Gasteiger partial charge < -0.3 is 87.4 Å². The quantitative estimate of drug-likeness (QED) is 0.0303. The highest BCUT2D eigenvalue weighted by Gasteiger charge is 2.36. The zero-order chi connectivity index (χ0) is 64.3. The lowest BCUT2D eigenvalue weighted by atomic mass is 9.98. The molecule has 22 N–H and O–H groups in total. The molecule has 27 heteroatoms. The molecule has 86 heavy (non-hydrogen) atoms. The second-order valence-electron chi connectivity index (χ2n) is 22.4. The van der Waals surface area contributed by atoms with E-state index in [2.05, 4.69) is 47.9 Å². The van der Waals surface area contributed by atoms with E-state index in [0.717, 1.165) is 5.56 Å². The van der Waals surface area contributed by atoms with Gasteiger partial charge in [-0.2, -0.15) is 0 Å². The van der Waals surface area contributed by atoms with Gasteiger partial charge in [-0.15, -0.1) is 0 Å². The molecular weight excluding hydrogens is 1110 g/mol. The normalized spacial score (nSPS) is 14.7. The maximum Gasteiger partial charge on any atom is 0.243 e. The van der Waals surface area contributed by atoms with Gasteiger partial charge in [0.15, 0.2) is 0 Å². The summed E-state index contributed by atoms with van der Waals surface area (Å²) in [6, 6.07) is 4.86. The molecule has 0 radical (unpaired) electrons. The van der Waals surface area contributed by atoms with Crippen molar-refractivity contribution in [2.75, 3.05) is 26.2 Å². The molecule has 27 nitrogen and oxygen atoms in total. The van der Waals surface area contributed by atoms with Crippen molar-refractivity contribution in [3.63, 3.8) is 0 Å². The number of amides is 11. The Hall–Kier alpha value is -7.59. The van der Waals surface area contributed by atoms with Crippen LogP contribution < -0.4 is 82.3 Å². The molecule has 0 aromatic heterocycles. The third-order valence-electron chi connectivity index (χ3n) is 13.9. The van der Waals surface area contributed by atoms with Crippen molar-refractivity contribution in [2.24, 2.45) is 46.2 Å². The highest BCUT2D eigenvalue weighted by molar-refractivity contribution is 5.99. The number of primary amides is 2. The molecule has 480 valence electrons. The van der Waals surface area contributed by atoms with Crippen molar-refractivity contribution < 1.29 is 57.8 Å². The first-order chi connectivity index (χ1) is 40.8. The molecule has 0 aliphatic carbocycles. The molecule has 11 amide bonds. The van der Waals surface area contributed by atoms with Gasteiger partial charge in [0.05, 0.1) is 12.6 Å². The summed E-state index contributed by atoms with van der Waals surface area (Å²) in [6.45, 7) is 8.59. The minimum atomic E-state index is -1.45. The van der Waals surface area contributed by atoms with Gasteiger partial charge in [-0.25, -0.2) is 0 Å². The van der Waals surface area contributed by atoms with Crippen LogP contribution in [0.2, 0.25) is 0 Å². The molecule has 0 spiro atoms. The Morgan fingerprint density at radius 3 is 1.08 bits per heavy atom. The molecule has 0 saturated carbocycles. The van der Waals surface area contributed by atoms with Gasteiger partial charge in [0.25, 0.3) is 0 Å². The Morgan fingerprint density at radius 2 is 0.721 bits per heavy atom. The van der Waals surface area contributed by atoms with Crippen LogP contribution in [0.5, 0.6) is 0 Å². The predicted octanol–water partition coefficient (Wildman–Crippen LogP) is -2.60. The van der Waals surface area contributed by atoms with Crippen LogP contribution in [-0.2, 0) is 65.6 Å². The fraction of sp³-hybridized carbons (Fsp3) is 0.610. The van der Waals surface area contributed by atoms with Crippen LogP contribution in [0.15, 0.2) is 60.7 Å². The van der Waals surface area contributed by atoms with Gasteiger partial charge in [-0.05, 0) is 133 Å². The number of nitrogens with two attached hydrogens (primary N) is 6. The Bertz CT molecular complexity index is 2470. The second-order valence-corrected chi connectivity index (χ2v) is 22.4. The molecule has 0 fully saturated rings. The van der Waals surface area contributed by atoms with Gasteiger partial charge in [-0.1, -0.05) is 88.4 Å². The molecule has 0 aliphatic rings. The lowest BCUT2D eigenvalue weighted by Gasteiger charge is -2.29. The third-order valence-corrected chi connectivity index (χ3v) is 13.9. The molecule has 0 aliphatic heterocycles. The molecule has 0 bridgehead atoms. The van der Waals surface area contributed by atoms with Crippen LogP contribution in [0.25, 0.3) is 0 Å².